The van der Waals surface area contributed by atoms with Crippen molar-refractivity contribution in [2.24, 2.45) is 17.8 Å². The summed E-state index contributed by atoms with van der Waals surface area (Å²) in [6.07, 6.45) is 10.5. The summed E-state index contributed by atoms with van der Waals surface area (Å²) in [5.41, 5.74) is 0. The molecule has 2 nitrogen and oxygen atoms in total. The molecular weight excluding hydrogens is 198 g/mol. The van der Waals surface area contributed by atoms with E-state index in [2.05, 4.69) is 5.32 Å². The molecule has 0 unspecified atom stereocenters. The Kier molecular flexibility index (Phi) is 3.21. The highest BCUT2D eigenvalue weighted by Crippen LogP contribution is 2.48. The Hall–Kier alpha value is -0.0800. The molecule has 0 aromatic rings. The smallest absolute Gasteiger partial charge is 0.0693 e. The molecule has 3 fully saturated rings. The van der Waals surface area contributed by atoms with E-state index in [1.165, 1.54) is 51.5 Å². The van der Waals surface area contributed by atoms with Gasteiger partial charge in [-0.15, -0.1) is 0 Å². The first-order valence-electron chi connectivity index (χ1n) is 7.26. The third-order valence-electron chi connectivity index (χ3n) is 4.80. The van der Waals surface area contributed by atoms with Crippen molar-refractivity contribution in [3.8, 4) is 0 Å². The summed E-state index contributed by atoms with van der Waals surface area (Å²) in [5.74, 6) is 3.00. The molecule has 92 valence electrons. The molecule has 2 atom stereocenters. The molecular formula is C14H25NO. The van der Waals surface area contributed by atoms with Gasteiger partial charge in [0.2, 0.25) is 0 Å². The van der Waals surface area contributed by atoms with Gasteiger partial charge in [0.25, 0.3) is 0 Å². The summed E-state index contributed by atoms with van der Waals surface area (Å²) in [4.78, 5) is 0. The zero-order chi connectivity index (χ0) is 11.0. The van der Waals surface area contributed by atoms with Crippen LogP contribution in [0.5, 0.6) is 0 Å². The van der Waals surface area contributed by atoms with Crippen LogP contribution in [0.1, 0.15) is 51.4 Å². The summed E-state index contributed by atoms with van der Waals surface area (Å²) in [6.45, 7) is 1.18. The molecule has 3 aliphatic carbocycles. The molecule has 0 spiro atoms. The highest BCUT2D eigenvalue weighted by Gasteiger charge is 2.41. The monoisotopic (exact) mass is 223 g/mol. The minimum atomic E-state index is -0.0761. The van der Waals surface area contributed by atoms with E-state index in [-0.39, 0.29) is 6.10 Å². The average Bonchev–Trinajstić information content (AvgIpc) is 3.15. The Morgan fingerprint density at radius 3 is 2.12 bits per heavy atom. The van der Waals surface area contributed by atoms with Crippen molar-refractivity contribution in [2.75, 3.05) is 6.54 Å². The molecule has 0 heterocycles. The van der Waals surface area contributed by atoms with E-state index in [1.807, 2.05) is 0 Å². The Balaban J connectivity index is 1.46. The summed E-state index contributed by atoms with van der Waals surface area (Å²) in [5, 5.41) is 13.6. The Morgan fingerprint density at radius 2 is 1.56 bits per heavy atom. The summed E-state index contributed by atoms with van der Waals surface area (Å²) in [7, 11) is 0. The Bertz CT molecular complexity index is 223. The van der Waals surface area contributed by atoms with Gasteiger partial charge in [0.05, 0.1) is 6.10 Å². The molecule has 0 aliphatic heterocycles. The second kappa shape index (κ2) is 4.66. The lowest BCUT2D eigenvalue weighted by Gasteiger charge is -2.30. The quantitative estimate of drug-likeness (QED) is 0.749. The molecule has 3 saturated carbocycles. The van der Waals surface area contributed by atoms with Crippen molar-refractivity contribution in [2.45, 2.75) is 63.5 Å². The van der Waals surface area contributed by atoms with Gasteiger partial charge in [-0.2, -0.15) is 0 Å². The van der Waals surface area contributed by atoms with E-state index in [4.69, 9.17) is 0 Å². The Morgan fingerprint density at radius 1 is 0.938 bits per heavy atom. The SMILES string of the molecule is O[C@H]1CCCC[C@@H]1NCC(C1CC1)C1CC1. The van der Waals surface area contributed by atoms with Crippen LogP contribution < -0.4 is 5.32 Å². The standard InChI is InChI=1S/C14H25NO/c16-14-4-2-1-3-13(14)15-9-12(10-5-6-10)11-7-8-11/h10-16H,1-9H2/t13-,14-/m0/s1. The van der Waals surface area contributed by atoms with Crippen LogP contribution in [-0.4, -0.2) is 23.8 Å². The molecule has 0 bridgehead atoms. The van der Waals surface area contributed by atoms with Gasteiger partial charge in [-0.25, -0.2) is 0 Å². The van der Waals surface area contributed by atoms with Crippen LogP contribution in [0.25, 0.3) is 0 Å². The van der Waals surface area contributed by atoms with Crippen LogP contribution in [0.2, 0.25) is 0 Å². The number of nitrogens with one attached hydrogen (secondary N) is 1. The average molecular weight is 223 g/mol. The third kappa shape index (κ3) is 2.60. The fraction of sp³-hybridized carbons (Fsp3) is 1.00. The van der Waals surface area contributed by atoms with Gasteiger partial charge in [0, 0.05) is 6.04 Å². The van der Waals surface area contributed by atoms with Crippen molar-refractivity contribution in [3.63, 3.8) is 0 Å². The molecule has 0 aromatic heterocycles. The number of rotatable bonds is 5. The van der Waals surface area contributed by atoms with Gasteiger partial charge in [-0.05, 0) is 62.8 Å². The van der Waals surface area contributed by atoms with Crippen LogP contribution in [0, 0.1) is 17.8 Å². The van der Waals surface area contributed by atoms with Crippen molar-refractivity contribution < 1.29 is 5.11 Å². The van der Waals surface area contributed by atoms with E-state index in [0.717, 1.165) is 24.2 Å². The van der Waals surface area contributed by atoms with Gasteiger partial charge < -0.3 is 10.4 Å². The van der Waals surface area contributed by atoms with E-state index in [1.54, 1.807) is 0 Å². The predicted molar refractivity (Wildman–Crippen MR) is 65.2 cm³/mol. The zero-order valence-corrected chi connectivity index (χ0v) is 10.2. The van der Waals surface area contributed by atoms with E-state index >= 15 is 0 Å². The lowest BCUT2D eigenvalue weighted by Crippen LogP contribution is -2.44. The van der Waals surface area contributed by atoms with Crippen molar-refractivity contribution in [3.05, 3.63) is 0 Å². The molecule has 2 N–H and O–H groups in total. The van der Waals surface area contributed by atoms with E-state index in [9.17, 15) is 5.11 Å². The van der Waals surface area contributed by atoms with Crippen LogP contribution in [-0.2, 0) is 0 Å². The molecule has 3 rings (SSSR count). The van der Waals surface area contributed by atoms with E-state index < -0.39 is 0 Å². The molecule has 2 heteroatoms. The van der Waals surface area contributed by atoms with Gasteiger partial charge in [-0.1, -0.05) is 12.8 Å². The lowest BCUT2D eigenvalue weighted by molar-refractivity contribution is 0.0874. The number of hydrogen-bond acceptors (Lipinski definition) is 2. The molecule has 3 aliphatic rings. The van der Waals surface area contributed by atoms with Crippen LogP contribution in [0.3, 0.4) is 0 Å². The highest BCUT2D eigenvalue weighted by atomic mass is 16.3. The maximum atomic E-state index is 9.93. The van der Waals surface area contributed by atoms with Gasteiger partial charge in [-0.3, -0.25) is 0 Å². The minimum absolute atomic E-state index is 0.0761. The first-order valence-corrected chi connectivity index (χ1v) is 7.26. The minimum Gasteiger partial charge on any atom is -0.392 e. The topological polar surface area (TPSA) is 32.3 Å². The van der Waals surface area contributed by atoms with Crippen LogP contribution in [0.15, 0.2) is 0 Å². The lowest BCUT2D eigenvalue weighted by atomic mass is 9.91. The maximum Gasteiger partial charge on any atom is 0.0693 e. The van der Waals surface area contributed by atoms with Crippen molar-refractivity contribution >= 4 is 0 Å². The summed E-state index contributed by atoms with van der Waals surface area (Å²) < 4.78 is 0. The molecule has 0 saturated heterocycles. The number of aliphatic hydroxyl groups is 1. The van der Waals surface area contributed by atoms with Gasteiger partial charge in [0.15, 0.2) is 0 Å². The molecule has 16 heavy (non-hydrogen) atoms. The first-order chi connectivity index (χ1) is 7.84. The fourth-order valence-corrected chi connectivity index (χ4v) is 3.40. The fourth-order valence-electron chi connectivity index (χ4n) is 3.40. The maximum absolute atomic E-state index is 9.93. The number of aliphatic hydroxyl groups excluding tert-OH is 1. The summed E-state index contributed by atoms with van der Waals surface area (Å²) in [6, 6.07) is 0.397. The number of hydrogen-bond donors (Lipinski definition) is 2. The molecule has 0 radical (unpaired) electrons. The van der Waals surface area contributed by atoms with Crippen molar-refractivity contribution in [1.82, 2.24) is 5.32 Å². The highest BCUT2D eigenvalue weighted by molar-refractivity contribution is 4.93. The third-order valence-corrected chi connectivity index (χ3v) is 4.80. The van der Waals surface area contributed by atoms with Gasteiger partial charge in [0.1, 0.15) is 0 Å². The van der Waals surface area contributed by atoms with E-state index in [0.29, 0.717) is 6.04 Å². The molecule has 0 aromatic carbocycles. The molecule has 0 amide bonds. The van der Waals surface area contributed by atoms with Crippen LogP contribution in [0.4, 0.5) is 0 Å². The normalized spacial score (nSPS) is 35.6. The second-order valence-corrected chi connectivity index (χ2v) is 6.21. The first kappa shape index (κ1) is 11.0. The largest absolute Gasteiger partial charge is 0.392 e. The predicted octanol–water partition coefficient (Wildman–Crippen LogP) is 2.32. The van der Waals surface area contributed by atoms with Gasteiger partial charge >= 0.3 is 0 Å². The summed E-state index contributed by atoms with van der Waals surface area (Å²) >= 11 is 0. The zero-order valence-electron chi connectivity index (χ0n) is 10.2. The van der Waals surface area contributed by atoms with Crippen LogP contribution >= 0.6 is 0 Å². The Labute approximate surface area is 98.8 Å². The van der Waals surface area contributed by atoms with Crippen molar-refractivity contribution in [1.29, 1.82) is 0 Å². The second-order valence-electron chi connectivity index (χ2n) is 6.21.